The molecule has 0 bridgehead atoms. The molecule has 0 radical (unpaired) electrons. The Morgan fingerprint density at radius 3 is 3.09 bits per heavy atom. The van der Waals surface area contributed by atoms with Crippen molar-refractivity contribution in [2.24, 2.45) is 10.8 Å². The second-order valence-corrected chi connectivity index (χ2v) is 5.02. The van der Waals surface area contributed by atoms with E-state index in [2.05, 4.69) is 20.7 Å². The topological polar surface area (TPSA) is 133 Å². The zero-order valence-electron chi connectivity index (χ0n) is 11.8. The van der Waals surface area contributed by atoms with Gasteiger partial charge in [0, 0.05) is 0 Å². The van der Waals surface area contributed by atoms with Gasteiger partial charge in [0.15, 0.2) is 0 Å². The van der Waals surface area contributed by atoms with Crippen molar-refractivity contribution in [2.45, 2.75) is 5.16 Å². The summed E-state index contributed by atoms with van der Waals surface area (Å²) >= 11 is 1.09. The number of carbonyl (C=O) groups excluding carboxylic acids is 1. The van der Waals surface area contributed by atoms with Gasteiger partial charge >= 0.3 is 0 Å². The molecule has 1 heterocycles. The molecule has 0 unspecified atom stereocenters. The maximum Gasteiger partial charge on any atom is 0.264 e. The molecule has 0 aliphatic carbocycles. The van der Waals surface area contributed by atoms with Gasteiger partial charge in [-0.05, 0) is 17.7 Å². The van der Waals surface area contributed by atoms with Gasteiger partial charge in [0.1, 0.15) is 5.75 Å². The van der Waals surface area contributed by atoms with E-state index < -0.39 is 5.91 Å². The Labute approximate surface area is 130 Å². The first kappa shape index (κ1) is 15.6. The summed E-state index contributed by atoms with van der Waals surface area (Å²) < 4.78 is 6.31. The third-order valence-electron chi connectivity index (χ3n) is 2.48. The number of rotatable bonds is 7. The summed E-state index contributed by atoms with van der Waals surface area (Å²) in [6.45, 7) is 0. The van der Waals surface area contributed by atoms with E-state index in [-0.39, 0.29) is 11.7 Å². The highest BCUT2D eigenvalue weighted by Gasteiger charge is 2.10. The number of nitrogens with two attached hydrogens (primary N) is 2. The minimum Gasteiger partial charge on any atom is -0.497 e. The number of ether oxygens (including phenoxy) is 1. The summed E-state index contributed by atoms with van der Waals surface area (Å²) in [6.07, 6.45) is 1.59. The minimum absolute atomic E-state index is 0.0718. The number of hydrogen-bond acceptors (Lipinski definition) is 8. The molecule has 0 fully saturated rings. The van der Waals surface area contributed by atoms with E-state index in [1.54, 1.807) is 13.3 Å². The van der Waals surface area contributed by atoms with Crippen LogP contribution in [-0.2, 0) is 4.79 Å². The van der Waals surface area contributed by atoms with Crippen LogP contribution in [0.1, 0.15) is 5.56 Å². The SMILES string of the molecule is COc1cccc(/C=N/Nc2nnc(SCC(N)=O)n2N)c1. The standard InChI is InChI=1S/C12H15N7O2S/c1-21-9-4-2-3-8(5-9)6-15-16-11-17-18-12(19(11)14)22-7-10(13)20/h2-6H,7,14H2,1H3,(H2,13,20)(H,16,17)/b15-6+. The van der Waals surface area contributed by atoms with Crippen molar-refractivity contribution in [3.63, 3.8) is 0 Å². The summed E-state index contributed by atoms with van der Waals surface area (Å²) in [4.78, 5) is 10.7. The second kappa shape index (κ2) is 7.31. The van der Waals surface area contributed by atoms with Crippen LogP contribution in [0.25, 0.3) is 0 Å². The first-order valence-corrected chi connectivity index (χ1v) is 7.13. The number of primary amides is 1. The number of aromatic nitrogens is 3. The highest BCUT2D eigenvalue weighted by molar-refractivity contribution is 7.99. The number of amides is 1. The fourth-order valence-corrected chi connectivity index (χ4v) is 2.07. The van der Waals surface area contributed by atoms with Gasteiger partial charge in [-0.15, -0.1) is 10.2 Å². The van der Waals surface area contributed by atoms with Crippen LogP contribution in [0.2, 0.25) is 0 Å². The summed E-state index contributed by atoms with van der Waals surface area (Å²) in [6, 6.07) is 7.38. The van der Waals surface area contributed by atoms with Gasteiger partial charge < -0.3 is 16.3 Å². The predicted molar refractivity (Wildman–Crippen MR) is 84.3 cm³/mol. The molecule has 0 atom stereocenters. The van der Waals surface area contributed by atoms with E-state index in [1.807, 2.05) is 24.3 Å². The van der Waals surface area contributed by atoms with E-state index in [9.17, 15) is 4.79 Å². The van der Waals surface area contributed by atoms with Crippen LogP contribution >= 0.6 is 11.8 Å². The Balaban J connectivity index is 1.99. The molecule has 1 amide bonds. The Kier molecular flexibility index (Phi) is 5.20. The fourth-order valence-electron chi connectivity index (χ4n) is 1.47. The van der Waals surface area contributed by atoms with Crippen molar-refractivity contribution >= 4 is 29.8 Å². The smallest absolute Gasteiger partial charge is 0.264 e. The molecule has 0 saturated carbocycles. The lowest BCUT2D eigenvalue weighted by Crippen LogP contribution is -2.16. The quantitative estimate of drug-likeness (QED) is 0.283. The average molecular weight is 321 g/mol. The van der Waals surface area contributed by atoms with Gasteiger partial charge in [-0.25, -0.2) is 10.1 Å². The number of carbonyl (C=O) groups is 1. The van der Waals surface area contributed by atoms with Crippen LogP contribution < -0.4 is 21.7 Å². The van der Waals surface area contributed by atoms with Crippen molar-refractivity contribution in [3.8, 4) is 5.75 Å². The van der Waals surface area contributed by atoms with Crippen LogP contribution in [0.4, 0.5) is 5.95 Å². The highest BCUT2D eigenvalue weighted by atomic mass is 32.2. The lowest BCUT2D eigenvalue weighted by atomic mass is 10.2. The van der Waals surface area contributed by atoms with Gasteiger partial charge in [-0.2, -0.15) is 5.10 Å². The van der Waals surface area contributed by atoms with E-state index in [0.29, 0.717) is 5.16 Å². The van der Waals surface area contributed by atoms with Gasteiger partial charge in [0.2, 0.25) is 11.1 Å². The van der Waals surface area contributed by atoms with Crippen LogP contribution in [0.5, 0.6) is 5.75 Å². The summed E-state index contributed by atoms with van der Waals surface area (Å²) in [5, 5.41) is 12.0. The zero-order valence-corrected chi connectivity index (χ0v) is 12.6. The van der Waals surface area contributed by atoms with Gasteiger partial charge in [-0.3, -0.25) is 4.79 Å². The molecule has 2 rings (SSSR count). The Morgan fingerprint density at radius 2 is 2.36 bits per heavy atom. The summed E-state index contributed by atoms with van der Waals surface area (Å²) in [5.74, 6) is 6.36. The lowest BCUT2D eigenvalue weighted by molar-refractivity contribution is -0.115. The Morgan fingerprint density at radius 1 is 1.55 bits per heavy atom. The Hall–Kier alpha value is -2.75. The largest absolute Gasteiger partial charge is 0.497 e. The number of hydrazone groups is 1. The Bertz CT molecular complexity index is 686. The van der Waals surface area contributed by atoms with Crippen LogP contribution in [-0.4, -0.2) is 39.9 Å². The van der Waals surface area contributed by atoms with E-state index in [1.165, 1.54) is 4.68 Å². The third kappa shape index (κ3) is 4.12. The molecule has 10 heteroatoms. The lowest BCUT2D eigenvalue weighted by Gasteiger charge is -2.02. The van der Waals surface area contributed by atoms with Gasteiger partial charge in [-0.1, -0.05) is 23.9 Å². The van der Waals surface area contributed by atoms with Crippen molar-refractivity contribution in [3.05, 3.63) is 29.8 Å². The number of nitrogen functional groups attached to an aromatic ring is 1. The predicted octanol–water partition coefficient (Wildman–Crippen LogP) is 0.0239. The number of hydrogen-bond donors (Lipinski definition) is 3. The number of anilines is 1. The molecule has 1 aromatic carbocycles. The molecular formula is C12H15N7O2S. The molecular weight excluding hydrogens is 306 g/mol. The number of benzene rings is 1. The molecule has 0 aliphatic heterocycles. The average Bonchev–Trinajstić information content (AvgIpc) is 2.86. The minimum atomic E-state index is -0.460. The second-order valence-electron chi connectivity index (χ2n) is 4.08. The maximum atomic E-state index is 10.7. The van der Waals surface area contributed by atoms with Crippen LogP contribution in [0, 0.1) is 0 Å². The highest BCUT2D eigenvalue weighted by Crippen LogP contribution is 2.16. The zero-order chi connectivity index (χ0) is 15.9. The van der Waals surface area contributed by atoms with Gasteiger partial charge in [0.25, 0.3) is 5.95 Å². The molecule has 0 saturated heterocycles. The molecule has 1 aromatic heterocycles. The number of methoxy groups -OCH3 is 1. The molecule has 0 spiro atoms. The normalized spacial score (nSPS) is 10.8. The number of nitrogens with one attached hydrogen (secondary N) is 1. The number of nitrogens with zero attached hydrogens (tertiary/aromatic N) is 4. The summed E-state index contributed by atoms with van der Waals surface area (Å²) in [5.41, 5.74) is 8.57. The van der Waals surface area contributed by atoms with Crippen molar-refractivity contribution in [1.82, 2.24) is 14.9 Å². The summed E-state index contributed by atoms with van der Waals surface area (Å²) in [7, 11) is 1.59. The molecule has 22 heavy (non-hydrogen) atoms. The van der Waals surface area contributed by atoms with E-state index >= 15 is 0 Å². The molecule has 2 aromatic rings. The van der Waals surface area contributed by atoms with Crippen LogP contribution in [0.15, 0.2) is 34.5 Å². The monoisotopic (exact) mass is 321 g/mol. The first-order valence-electron chi connectivity index (χ1n) is 6.15. The van der Waals surface area contributed by atoms with Crippen molar-refractivity contribution in [1.29, 1.82) is 0 Å². The van der Waals surface area contributed by atoms with E-state index in [4.69, 9.17) is 16.3 Å². The first-order chi connectivity index (χ1) is 10.6. The van der Waals surface area contributed by atoms with Crippen molar-refractivity contribution < 1.29 is 9.53 Å². The fraction of sp³-hybridized carbons (Fsp3) is 0.167. The molecule has 9 nitrogen and oxygen atoms in total. The maximum absolute atomic E-state index is 10.7. The van der Waals surface area contributed by atoms with Crippen molar-refractivity contribution in [2.75, 3.05) is 24.1 Å². The third-order valence-corrected chi connectivity index (χ3v) is 3.45. The molecule has 116 valence electrons. The number of thioether (sulfide) groups is 1. The molecule has 0 aliphatic rings. The van der Waals surface area contributed by atoms with E-state index in [0.717, 1.165) is 23.1 Å². The van der Waals surface area contributed by atoms with Gasteiger partial charge in [0.05, 0.1) is 19.1 Å². The van der Waals surface area contributed by atoms with Crippen LogP contribution in [0.3, 0.4) is 0 Å². The molecule has 5 N–H and O–H groups in total.